The van der Waals surface area contributed by atoms with E-state index in [1.165, 1.54) is 0 Å². The molecule has 0 unspecified atom stereocenters. The first-order chi connectivity index (χ1) is 18.9. The average molecular weight is 574 g/mol. The maximum atomic E-state index is 16.1. The van der Waals surface area contributed by atoms with Crippen molar-refractivity contribution in [3.8, 4) is 0 Å². The standard InChI is InChI=1S/C29H37F2N3O5Si/c1-19(2)17-33(37)25-23(39-27(24(25)31)34-26(35)22(30)16-32-28(34)36)18-38-40(29(3,4)5,20-12-8-6-9-13-20)21-14-10-7-11-15-21/h6-16,19,23-25,27,37H,17-18H2,1-5H3,(H,32,36)/t23-,24+,25-,27+/m1/s1. The predicted octanol–water partition coefficient (Wildman–Crippen LogP) is 3.20. The molecule has 0 saturated carbocycles. The Kier molecular flexibility index (Phi) is 8.91. The van der Waals surface area contributed by atoms with Crippen LogP contribution < -0.4 is 21.6 Å². The Balaban J connectivity index is 1.78. The van der Waals surface area contributed by atoms with Crippen LogP contribution in [0.1, 0.15) is 40.8 Å². The summed E-state index contributed by atoms with van der Waals surface area (Å²) in [5, 5.41) is 13.4. The molecule has 0 bridgehead atoms. The minimum absolute atomic E-state index is 0.0326. The van der Waals surface area contributed by atoms with Gasteiger partial charge in [0.1, 0.15) is 6.10 Å². The fourth-order valence-electron chi connectivity index (χ4n) is 5.57. The zero-order valence-corrected chi connectivity index (χ0v) is 24.4. The number of ether oxygens (including phenoxy) is 1. The van der Waals surface area contributed by atoms with Crippen molar-refractivity contribution in [2.45, 2.75) is 64.2 Å². The number of hydrogen-bond donors (Lipinski definition) is 2. The Labute approximate surface area is 233 Å². The molecule has 2 heterocycles. The summed E-state index contributed by atoms with van der Waals surface area (Å²) in [4.78, 5) is 27.1. The number of benzene rings is 2. The SMILES string of the molecule is CC(C)CN(O)[C@H]1[C@H](F)[C@@H](n2c(=O)[nH]cc(F)c2=O)O[C@@H]1CO[Si](c1ccccc1)(c1ccccc1)C(C)(C)C. The molecule has 8 nitrogen and oxygen atoms in total. The third kappa shape index (κ3) is 5.61. The monoisotopic (exact) mass is 573 g/mol. The number of nitrogens with zero attached hydrogens (tertiary/aromatic N) is 2. The normalized spacial score (nSPS) is 21.9. The van der Waals surface area contributed by atoms with Crippen LogP contribution in [-0.4, -0.2) is 59.6 Å². The van der Waals surface area contributed by atoms with Crippen LogP contribution >= 0.6 is 0 Å². The summed E-state index contributed by atoms with van der Waals surface area (Å²) < 4.78 is 43.5. The molecular weight excluding hydrogens is 536 g/mol. The molecule has 3 aromatic rings. The molecule has 1 saturated heterocycles. The second kappa shape index (κ2) is 11.9. The van der Waals surface area contributed by atoms with Crippen molar-refractivity contribution in [1.82, 2.24) is 14.6 Å². The number of nitrogens with one attached hydrogen (secondary N) is 1. The van der Waals surface area contributed by atoms with Crippen molar-refractivity contribution < 1.29 is 23.2 Å². The molecule has 40 heavy (non-hydrogen) atoms. The molecule has 1 aliphatic heterocycles. The van der Waals surface area contributed by atoms with E-state index in [4.69, 9.17) is 9.16 Å². The van der Waals surface area contributed by atoms with Gasteiger partial charge in [-0.1, -0.05) is 95.3 Å². The lowest BCUT2D eigenvalue weighted by Gasteiger charge is -2.44. The van der Waals surface area contributed by atoms with E-state index < -0.39 is 49.9 Å². The molecule has 1 fully saturated rings. The summed E-state index contributed by atoms with van der Waals surface area (Å²) in [5.74, 6) is -1.28. The lowest BCUT2D eigenvalue weighted by molar-refractivity contribution is -0.160. The highest BCUT2D eigenvalue weighted by molar-refractivity contribution is 6.99. The minimum atomic E-state index is -3.07. The third-order valence-electron chi connectivity index (χ3n) is 7.29. The molecule has 11 heteroatoms. The highest BCUT2D eigenvalue weighted by Gasteiger charge is 2.54. The van der Waals surface area contributed by atoms with Crippen molar-refractivity contribution >= 4 is 18.7 Å². The van der Waals surface area contributed by atoms with E-state index in [-0.39, 0.29) is 24.1 Å². The first kappa shape index (κ1) is 30.0. The first-order valence-corrected chi connectivity index (χ1v) is 15.3. The number of aromatic amines is 1. The van der Waals surface area contributed by atoms with Crippen molar-refractivity contribution in [2.75, 3.05) is 13.2 Å². The van der Waals surface area contributed by atoms with Crippen LogP contribution in [-0.2, 0) is 9.16 Å². The summed E-state index contributed by atoms with van der Waals surface area (Å²) in [6.45, 7) is 9.96. The van der Waals surface area contributed by atoms with E-state index in [2.05, 4.69) is 25.8 Å². The van der Waals surface area contributed by atoms with E-state index >= 15 is 4.39 Å². The molecule has 2 aromatic carbocycles. The Bertz CT molecular complexity index is 1360. The number of hydrogen-bond acceptors (Lipinski definition) is 6. The second-order valence-corrected chi connectivity index (χ2v) is 15.9. The smallest absolute Gasteiger partial charge is 0.330 e. The summed E-state index contributed by atoms with van der Waals surface area (Å²) in [6, 6.07) is 18.4. The number of halogens is 2. The van der Waals surface area contributed by atoms with Gasteiger partial charge in [0.15, 0.2) is 12.4 Å². The van der Waals surface area contributed by atoms with Gasteiger partial charge in [-0.05, 0) is 21.3 Å². The lowest BCUT2D eigenvalue weighted by Crippen LogP contribution is -2.67. The molecule has 216 valence electrons. The van der Waals surface area contributed by atoms with E-state index in [1.54, 1.807) is 0 Å². The van der Waals surface area contributed by atoms with Gasteiger partial charge in [0.05, 0.1) is 12.6 Å². The van der Waals surface area contributed by atoms with Gasteiger partial charge in [-0.3, -0.25) is 4.79 Å². The average Bonchev–Trinajstić information content (AvgIpc) is 3.22. The summed E-state index contributed by atoms with van der Waals surface area (Å²) >= 11 is 0. The van der Waals surface area contributed by atoms with E-state index in [0.717, 1.165) is 15.4 Å². The fraction of sp³-hybridized carbons (Fsp3) is 0.448. The van der Waals surface area contributed by atoms with Crippen molar-refractivity contribution in [3.63, 3.8) is 0 Å². The van der Waals surface area contributed by atoms with Crippen molar-refractivity contribution in [2.24, 2.45) is 5.92 Å². The highest BCUT2D eigenvalue weighted by atomic mass is 28.4. The molecule has 4 atom stereocenters. The zero-order chi connectivity index (χ0) is 29.2. The van der Waals surface area contributed by atoms with E-state index in [0.29, 0.717) is 10.8 Å². The van der Waals surface area contributed by atoms with Gasteiger partial charge in [0, 0.05) is 12.7 Å². The Hall–Kier alpha value is -2.96. The largest absolute Gasteiger partial charge is 0.405 e. The summed E-state index contributed by atoms with van der Waals surface area (Å²) in [7, 11) is -3.07. The van der Waals surface area contributed by atoms with Gasteiger partial charge < -0.3 is 19.4 Å². The molecule has 0 amide bonds. The van der Waals surface area contributed by atoms with Gasteiger partial charge in [-0.25, -0.2) is 13.8 Å². The lowest BCUT2D eigenvalue weighted by atomic mass is 10.1. The molecular formula is C29H37F2N3O5Si. The van der Waals surface area contributed by atoms with Gasteiger partial charge in [-0.15, -0.1) is 0 Å². The van der Waals surface area contributed by atoms with Crippen LogP contribution in [0.3, 0.4) is 0 Å². The van der Waals surface area contributed by atoms with Crippen molar-refractivity contribution in [3.05, 3.63) is 93.5 Å². The zero-order valence-electron chi connectivity index (χ0n) is 23.4. The molecule has 1 aromatic heterocycles. The molecule has 0 aliphatic carbocycles. The molecule has 2 N–H and O–H groups in total. The van der Waals surface area contributed by atoms with Crippen LogP contribution in [0.15, 0.2) is 76.4 Å². The van der Waals surface area contributed by atoms with Gasteiger partial charge in [0.2, 0.25) is 5.82 Å². The molecule has 0 spiro atoms. The molecule has 1 aliphatic rings. The van der Waals surface area contributed by atoms with Gasteiger partial charge >= 0.3 is 5.69 Å². The van der Waals surface area contributed by atoms with Crippen LogP contribution in [0.2, 0.25) is 5.04 Å². The Morgan fingerprint density at radius 1 is 1.07 bits per heavy atom. The molecule has 0 radical (unpaired) electrons. The summed E-state index contributed by atoms with van der Waals surface area (Å²) in [6.07, 6.45) is -4.25. The number of rotatable bonds is 9. The van der Waals surface area contributed by atoms with Gasteiger partial charge in [0.25, 0.3) is 13.9 Å². The number of alkyl halides is 1. The topological polar surface area (TPSA) is 96.8 Å². The molecule has 4 rings (SSSR count). The van der Waals surface area contributed by atoms with E-state index in [1.807, 2.05) is 74.5 Å². The quantitative estimate of drug-likeness (QED) is 0.302. The maximum absolute atomic E-state index is 16.1. The maximum Gasteiger partial charge on any atom is 0.330 e. The van der Waals surface area contributed by atoms with Crippen LogP contribution in [0.5, 0.6) is 0 Å². The van der Waals surface area contributed by atoms with Crippen molar-refractivity contribution in [1.29, 1.82) is 0 Å². The minimum Gasteiger partial charge on any atom is -0.405 e. The summed E-state index contributed by atoms with van der Waals surface area (Å²) in [5.41, 5.74) is -2.32. The predicted molar refractivity (Wildman–Crippen MR) is 151 cm³/mol. The van der Waals surface area contributed by atoms with Crippen LogP contribution in [0.4, 0.5) is 8.78 Å². The number of hydroxylamine groups is 2. The number of H-pyrrole nitrogens is 1. The third-order valence-corrected chi connectivity index (χ3v) is 12.3. The Morgan fingerprint density at radius 2 is 1.62 bits per heavy atom. The van der Waals surface area contributed by atoms with Gasteiger partial charge in [-0.2, -0.15) is 9.45 Å². The second-order valence-electron chi connectivity index (χ2n) is 11.6. The van der Waals surface area contributed by atoms with Crippen LogP contribution in [0.25, 0.3) is 0 Å². The van der Waals surface area contributed by atoms with Crippen LogP contribution in [0, 0.1) is 11.7 Å². The number of aromatic nitrogens is 2. The van der Waals surface area contributed by atoms with E-state index in [9.17, 15) is 19.2 Å². The Morgan fingerprint density at radius 3 is 2.12 bits per heavy atom. The fourth-order valence-corrected chi connectivity index (χ4v) is 10.1. The first-order valence-electron chi connectivity index (χ1n) is 13.4. The highest BCUT2D eigenvalue weighted by Crippen LogP contribution is 2.39.